The number of carbonyl (C=O) groups is 1. The van der Waals surface area contributed by atoms with Gasteiger partial charge in [0.2, 0.25) is 0 Å². The van der Waals surface area contributed by atoms with E-state index in [2.05, 4.69) is 16.7 Å². The molecule has 0 saturated heterocycles. The molecule has 1 aliphatic carbocycles. The molecule has 1 aromatic rings. The highest BCUT2D eigenvalue weighted by Crippen LogP contribution is 2.32. The number of amides is 1. The normalized spacial score (nSPS) is 17.3. The summed E-state index contributed by atoms with van der Waals surface area (Å²) in [7, 11) is 0. The first-order valence-electron chi connectivity index (χ1n) is 7.08. The predicted octanol–water partition coefficient (Wildman–Crippen LogP) is 1.95. The van der Waals surface area contributed by atoms with Gasteiger partial charge in [-0.3, -0.25) is 4.79 Å². The summed E-state index contributed by atoms with van der Waals surface area (Å²) in [5, 5.41) is 6.27. The lowest BCUT2D eigenvalue weighted by Gasteiger charge is -2.21. The number of rotatable bonds is 5. The summed E-state index contributed by atoms with van der Waals surface area (Å²) in [6.07, 6.45) is 4.72. The number of para-hydroxylation sites is 1. The molecule has 1 aliphatic heterocycles. The van der Waals surface area contributed by atoms with E-state index in [1.165, 1.54) is 18.4 Å². The highest BCUT2D eigenvalue weighted by atomic mass is 16.5. The summed E-state index contributed by atoms with van der Waals surface area (Å²) in [6, 6.07) is 6.02. The average Bonchev–Trinajstić information content (AvgIpc) is 3.27. The van der Waals surface area contributed by atoms with E-state index in [4.69, 9.17) is 4.74 Å². The predicted molar refractivity (Wildman–Crippen MR) is 74.5 cm³/mol. The first kappa shape index (κ1) is 12.3. The molecule has 102 valence electrons. The van der Waals surface area contributed by atoms with Gasteiger partial charge in [-0.25, -0.2) is 0 Å². The van der Waals surface area contributed by atoms with Crippen molar-refractivity contribution in [3.05, 3.63) is 23.8 Å². The fourth-order valence-corrected chi connectivity index (χ4v) is 2.37. The van der Waals surface area contributed by atoms with Crippen LogP contribution in [0.3, 0.4) is 0 Å². The molecule has 0 aromatic heterocycles. The molecule has 0 spiro atoms. The molecule has 19 heavy (non-hydrogen) atoms. The Bertz CT molecular complexity index is 469. The van der Waals surface area contributed by atoms with Gasteiger partial charge in [0.1, 0.15) is 5.75 Å². The lowest BCUT2D eigenvalue weighted by atomic mass is 10.0. The van der Waals surface area contributed by atoms with Gasteiger partial charge in [0.15, 0.2) is 6.61 Å². The Balaban J connectivity index is 1.55. The highest BCUT2D eigenvalue weighted by molar-refractivity contribution is 5.78. The molecular weight excluding hydrogens is 240 g/mol. The Hall–Kier alpha value is -1.71. The Morgan fingerprint density at radius 3 is 3.16 bits per heavy atom. The van der Waals surface area contributed by atoms with Gasteiger partial charge in [-0.05, 0) is 43.2 Å². The number of benzene rings is 1. The summed E-state index contributed by atoms with van der Waals surface area (Å²) >= 11 is 0. The van der Waals surface area contributed by atoms with Gasteiger partial charge in [0, 0.05) is 13.1 Å². The van der Waals surface area contributed by atoms with Crippen LogP contribution in [-0.4, -0.2) is 25.6 Å². The van der Waals surface area contributed by atoms with E-state index in [0.717, 1.165) is 37.4 Å². The van der Waals surface area contributed by atoms with E-state index in [1.807, 2.05) is 12.1 Å². The van der Waals surface area contributed by atoms with Crippen molar-refractivity contribution in [3.63, 3.8) is 0 Å². The molecule has 4 heteroatoms. The first-order chi connectivity index (χ1) is 9.33. The molecule has 0 atom stereocenters. The van der Waals surface area contributed by atoms with Gasteiger partial charge in [-0.2, -0.15) is 0 Å². The molecule has 2 aliphatic rings. The lowest BCUT2D eigenvalue weighted by molar-refractivity contribution is -0.123. The molecule has 1 aromatic carbocycles. The third-order valence-electron chi connectivity index (χ3n) is 3.68. The van der Waals surface area contributed by atoms with Crippen LogP contribution in [0.25, 0.3) is 0 Å². The summed E-state index contributed by atoms with van der Waals surface area (Å²) < 4.78 is 5.64. The number of anilines is 1. The fraction of sp³-hybridized carbons (Fsp3) is 0.533. The van der Waals surface area contributed by atoms with Gasteiger partial charge < -0.3 is 15.4 Å². The van der Waals surface area contributed by atoms with Crippen LogP contribution >= 0.6 is 0 Å². The summed E-state index contributed by atoms with van der Waals surface area (Å²) in [6.45, 7) is 1.87. The Morgan fingerprint density at radius 2 is 2.32 bits per heavy atom. The zero-order valence-electron chi connectivity index (χ0n) is 11.1. The summed E-state index contributed by atoms with van der Waals surface area (Å²) in [4.78, 5) is 11.7. The van der Waals surface area contributed by atoms with Crippen LogP contribution in [-0.2, 0) is 11.2 Å². The van der Waals surface area contributed by atoms with Crippen LogP contribution < -0.4 is 15.4 Å². The van der Waals surface area contributed by atoms with E-state index in [0.29, 0.717) is 5.92 Å². The average molecular weight is 260 g/mol. The highest BCUT2D eigenvalue weighted by Gasteiger charge is 2.21. The maximum Gasteiger partial charge on any atom is 0.257 e. The van der Waals surface area contributed by atoms with Gasteiger partial charge >= 0.3 is 0 Å². The van der Waals surface area contributed by atoms with E-state index in [-0.39, 0.29) is 12.5 Å². The molecule has 1 saturated carbocycles. The Morgan fingerprint density at radius 1 is 1.42 bits per heavy atom. The molecule has 1 amide bonds. The van der Waals surface area contributed by atoms with Crippen molar-refractivity contribution in [2.45, 2.75) is 25.7 Å². The van der Waals surface area contributed by atoms with Crippen LogP contribution in [0, 0.1) is 5.92 Å². The van der Waals surface area contributed by atoms with Crippen LogP contribution in [0.1, 0.15) is 24.8 Å². The molecule has 0 radical (unpaired) electrons. The monoisotopic (exact) mass is 260 g/mol. The summed E-state index contributed by atoms with van der Waals surface area (Å²) in [5.74, 6) is 1.47. The maximum atomic E-state index is 11.7. The van der Waals surface area contributed by atoms with Gasteiger partial charge in [0.05, 0.1) is 5.69 Å². The Labute approximate surface area is 113 Å². The number of hydrogen-bond acceptors (Lipinski definition) is 3. The standard InChI is InChI=1S/C15H20N2O2/c18-14(17-9-11-6-7-11)10-19-13-5-1-3-12-4-2-8-16-15(12)13/h1,3,5,11,16H,2,4,6-10H2,(H,17,18). The second-order valence-electron chi connectivity index (χ2n) is 5.36. The van der Waals surface area contributed by atoms with Gasteiger partial charge in [-0.1, -0.05) is 12.1 Å². The van der Waals surface area contributed by atoms with Crippen molar-refractivity contribution >= 4 is 11.6 Å². The summed E-state index contributed by atoms with van der Waals surface area (Å²) in [5.41, 5.74) is 2.34. The molecular formula is C15H20N2O2. The van der Waals surface area contributed by atoms with E-state index in [1.54, 1.807) is 0 Å². The second-order valence-corrected chi connectivity index (χ2v) is 5.36. The quantitative estimate of drug-likeness (QED) is 0.850. The van der Waals surface area contributed by atoms with Crippen molar-refractivity contribution in [2.75, 3.05) is 25.0 Å². The van der Waals surface area contributed by atoms with Gasteiger partial charge in [-0.15, -0.1) is 0 Å². The molecule has 1 heterocycles. The third kappa shape index (κ3) is 3.19. The van der Waals surface area contributed by atoms with Crippen molar-refractivity contribution < 1.29 is 9.53 Å². The molecule has 2 N–H and O–H groups in total. The topological polar surface area (TPSA) is 50.4 Å². The number of ether oxygens (including phenoxy) is 1. The SMILES string of the molecule is O=C(COc1cccc2c1NCCC2)NCC1CC1. The second kappa shape index (κ2) is 5.51. The molecule has 0 bridgehead atoms. The number of aryl methyl sites for hydroxylation is 1. The lowest BCUT2D eigenvalue weighted by Crippen LogP contribution is -2.30. The van der Waals surface area contributed by atoms with Crippen LogP contribution in [0.2, 0.25) is 0 Å². The first-order valence-corrected chi connectivity index (χ1v) is 7.08. The molecule has 0 unspecified atom stereocenters. The van der Waals surface area contributed by atoms with E-state index >= 15 is 0 Å². The van der Waals surface area contributed by atoms with Gasteiger partial charge in [0.25, 0.3) is 5.91 Å². The number of nitrogens with one attached hydrogen (secondary N) is 2. The molecule has 4 nitrogen and oxygen atoms in total. The van der Waals surface area contributed by atoms with Crippen molar-refractivity contribution in [3.8, 4) is 5.75 Å². The largest absolute Gasteiger partial charge is 0.482 e. The minimum Gasteiger partial charge on any atom is -0.482 e. The fourth-order valence-electron chi connectivity index (χ4n) is 2.37. The van der Waals surface area contributed by atoms with Crippen molar-refractivity contribution in [1.82, 2.24) is 5.32 Å². The van der Waals surface area contributed by atoms with E-state index in [9.17, 15) is 4.79 Å². The maximum absolute atomic E-state index is 11.7. The zero-order chi connectivity index (χ0) is 13.1. The third-order valence-corrected chi connectivity index (χ3v) is 3.68. The molecule has 1 fully saturated rings. The van der Waals surface area contributed by atoms with Crippen molar-refractivity contribution in [1.29, 1.82) is 0 Å². The molecule has 3 rings (SSSR count). The number of fused-ring (bicyclic) bond motifs is 1. The van der Waals surface area contributed by atoms with Crippen LogP contribution in [0.5, 0.6) is 5.75 Å². The van der Waals surface area contributed by atoms with Crippen LogP contribution in [0.4, 0.5) is 5.69 Å². The smallest absolute Gasteiger partial charge is 0.257 e. The minimum atomic E-state index is -0.0275. The minimum absolute atomic E-state index is 0.0275. The van der Waals surface area contributed by atoms with E-state index < -0.39 is 0 Å². The zero-order valence-corrected chi connectivity index (χ0v) is 11.1. The Kier molecular flexibility index (Phi) is 3.58. The number of hydrogen-bond donors (Lipinski definition) is 2. The number of carbonyl (C=O) groups excluding carboxylic acids is 1. The van der Waals surface area contributed by atoms with Crippen LogP contribution in [0.15, 0.2) is 18.2 Å². The van der Waals surface area contributed by atoms with Crippen molar-refractivity contribution in [2.24, 2.45) is 5.92 Å².